The molecule has 168 valence electrons. The predicted molar refractivity (Wildman–Crippen MR) is 121 cm³/mol. The lowest BCUT2D eigenvalue weighted by atomic mass is 10.0. The molecule has 0 bridgehead atoms. The number of pyridine rings is 1. The van der Waals surface area contributed by atoms with Crippen LogP contribution in [0.25, 0.3) is 0 Å². The van der Waals surface area contributed by atoms with Crippen LogP contribution in [-0.2, 0) is 16.1 Å². The highest BCUT2D eigenvalue weighted by atomic mass is 32.2. The van der Waals surface area contributed by atoms with Crippen LogP contribution in [0.4, 0.5) is 5.82 Å². The number of benzene rings is 1. The molecule has 1 atom stereocenters. The minimum atomic E-state index is -0.556. The van der Waals surface area contributed by atoms with E-state index in [-0.39, 0.29) is 30.6 Å². The van der Waals surface area contributed by atoms with Crippen LogP contribution < -0.4 is 4.74 Å². The van der Waals surface area contributed by atoms with Crippen LogP contribution in [0.3, 0.4) is 0 Å². The maximum Gasteiger partial charge on any atom is 0.407 e. The molecular formula is C23H30N2O5S. The first-order valence-electron chi connectivity index (χ1n) is 10.6. The Balaban J connectivity index is 1.83. The zero-order chi connectivity index (χ0) is 22.5. The number of hydrogen-bond donors (Lipinski definition) is 0. The molecule has 8 heteroatoms. The number of unbranched alkanes of at least 4 members (excludes halogenated alkanes) is 1. The molecule has 1 aromatic heterocycles. The monoisotopic (exact) mass is 446 g/mol. The van der Waals surface area contributed by atoms with Crippen LogP contribution in [0.1, 0.15) is 51.5 Å². The molecule has 1 aromatic carbocycles. The van der Waals surface area contributed by atoms with Crippen molar-refractivity contribution in [1.29, 1.82) is 0 Å². The van der Waals surface area contributed by atoms with E-state index in [1.54, 1.807) is 12.1 Å². The van der Waals surface area contributed by atoms with Crippen molar-refractivity contribution >= 4 is 23.5 Å². The van der Waals surface area contributed by atoms with Gasteiger partial charge in [0.2, 0.25) is 10.8 Å². The highest BCUT2D eigenvalue weighted by molar-refractivity contribution is 7.99. The minimum absolute atomic E-state index is 0.121. The smallest absolute Gasteiger partial charge is 0.407 e. The molecule has 0 saturated carbocycles. The second kappa shape index (κ2) is 13.6. The van der Waals surface area contributed by atoms with Gasteiger partial charge < -0.3 is 19.6 Å². The van der Waals surface area contributed by atoms with E-state index in [0.717, 1.165) is 31.2 Å². The number of nitro groups is 1. The Kier molecular flexibility index (Phi) is 10.9. The summed E-state index contributed by atoms with van der Waals surface area (Å²) in [6.45, 7) is 4.93. The molecule has 1 heterocycles. The van der Waals surface area contributed by atoms with Gasteiger partial charge in [-0.25, -0.2) is 0 Å². The molecule has 0 spiro atoms. The molecule has 0 aliphatic rings. The van der Waals surface area contributed by atoms with E-state index in [9.17, 15) is 14.9 Å². The molecule has 0 N–H and O–H groups in total. The fraction of sp³-hybridized carbons (Fsp3) is 0.478. The first-order chi connectivity index (χ1) is 15.0. The average Bonchev–Trinajstić information content (AvgIpc) is 2.78. The quantitative estimate of drug-likeness (QED) is 0.156. The maximum absolute atomic E-state index is 12.0. The number of carbonyl (C=O) groups excluding carboxylic acids is 1. The summed E-state index contributed by atoms with van der Waals surface area (Å²) in [7, 11) is 0. The summed E-state index contributed by atoms with van der Waals surface area (Å²) in [5.74, 6) is 0.392. The lowest BCUT2D eigenvalue weighted by molar-refractivity contribution is -0.391. The second-order valence-electron chi connectivity index (χ2n) is 7.20. The molecule has 0 aliphatic heterocycles. The molecule has 0 aliphatic carbocycles. The van der Waals surface area contributed by atoms with Crippen molar-refractivity contribution in [3.63, 3.8) is 0 Å². The number of thioether (sulfide) groups is 1. The van der Waals surface area contributed by atoms with Crippen molar-refractivity contribution in [3.05, 3.63) is 58.1 Å². The lowest BCUT2D eigenvalue weighted by Gasteiger charge is -2.14. The molecule has 31 heavy (non-hydrogen) atoms. The van der Waals surface area contributed by atoms with Crippen LogP contribution in [0.5, 0.6) is 5.75 Å². The van der Waals surface area contributed by atoms with Gasteiger partial charge in [0.15, 0.2) is 0 Å². The van der Waals surface area contributed by atoms with Gasteiger partial charge in [-0.05, 0) is 33.9 Å². The summed E-state index contributed by atoms with van der Waals surface area (Å²) >= 11 is 1.29. The van der Waals surface area contributed by atoms with Gasteiger partial charge in [-0.3, -0.25) is 4.79 Å². The number of aromatic nitrogens is 1. The summed E-state index contributed by atoms with van der Waals surface area (Å²) in [6.07, 6.45) is 4.57. The Bertz CT molecular complexity index is 832. The topological polar surface area (TPSA) is 91.6 Å². The van der Waals surface area contributed by atoms with Crippen LogP contribution in [0.15, 0.2) is 47.5 Å². The summed E-state index contributed by atoms with van der Waals surface area (Å²) in [6, 6.07) is 12.6. The fourth-order valence-electron chi connectivity index (χ4n) is 2.90. The first kappa shape index (κ1) is 24.7. The number of nitrogens with zero attached hydrogens (tertiary/aromatic N) is 2. The SMILES string of the molecule is CCCCC(CC)COC(=O)CCSc1ccc(OCc2ccccc2)c([N+](=O)[O-])n1. The summed E-state index contributed by atoms with van der Waals surface area (Å²) in [4.78, 5) is 26.9. The van der Waals surface area contributed by atoms with Gasteiger partial charge in [-0.1, -0.05) is 75.2 Å². The van der Waals surface area contributed by atoms with E-state index in [2.05, 4.69) is 18.8 Å². The Morgan fingerprint density at radius 3 is 2.65 bits per heavy atom. The number of hydrogen-bond acceptors (Lipinski definition) is 7. The largest absolute Gasteiger partial charge is 0.481 e. The van der Waals surface area contributed by atoms with E-state index >= 15 is 0 Å². The third kappa shape index (κ3) is 8.96. The van der Waals surface area contributed by atoms with E-state index in [1.807, 2.05) is 30.3 Å². The molecule has 2 aromatic rings. The van der Waals surface area contributed by atoms with Gasteiger partial charge in [0, 0.05) is 11.8 Å². The van der Waals surface area contributed by atoms with Gasteiger partial charge in [-0.15, -0.1) is 0 Å². The van der Waals surface area contributed by atoms with Crippen LogP contribution in [0.2, 0.25) is 0 Å². The Morgan fingerprint density at radius 2 is 1.97 bits per heavy atom. The summed E-state index contributed by atoms with van der Waals surface area (Å²) in [5, 5.41) is 11.9. The molecule has 1 unspecified atom stereocenters. The summed E-state index contributed by atoms with van der Waals surface area (Å²) < 4.78 is 11.0. The zero-order valence-corrected chi connectivity index (χ0v) is 18.9. The molecule has 0 amide bonds. The van der Waals surface area contributed by atoms with Crippen molar-refractivity contribution in [2.75, 3.05) is 12.4 Å². The van der Waals surface area contributed by atoms with Crippen molar-refractivity contribution in [2.45, 2.75) is 57.6 Å². The summed E-state index contributed by atoms with van der Waals surface area (Å²) in [5.41, 5.74) is 0.911. The third-order valence-corrected chi connectivity index (χ3v) is 5.73. The van der Waals surface area contributed by atoms with E-state index in [4.69, 9.17) is 9.47 Å². The van der Waals surface area contributed by atoms with E-state index in [0.29, 0.717) is 23.3 Å². The first-order valence-corrected chi connectivity index (χ1v) is 11.6. The number of carbonyl (C=O) groups is 1. The molecule has 2 rings (SSSR count). The Hall–Kier alpha value is -2.61. The molecule has 0 radical (unpaired) electrons. The Labute approximate surface area is 187 Å². The van der Waals surface area contributed by atoms with E-state index < -0.39 is 4.92 Å². The highest BCUT2D eigenvalue weighted by Crippen LogP contribution is 2.29. The number of esters is 1. The molecule has 0 saturated heterocycles. The molecule has 7 nitrogen and oxygen atoms in total. The minimum Gasteiger partial charge on any atom is -0.481 e. The van der Waals surface area contributed by atoms with Crippen molar-refractivity contribution < 1.29 is 19.2 Å². The molecule has 0 fully saturated rings. The zero-order valence-electron chi connectivity index (χ0n) is 18.1. The van der Waals surface area contributed by atoms with Gasteiger partial charge in [-0.2, -0.15) is 0 Å². The maximum atomic E-state index is 12.0. The second-order valence-corrected chi connectivity index (χ2v) is 8.32. The van der Waals surface area contributed by atoms with Crippen LogP contribution in [-0.4, -0.2) is 28.2 Å². The fourth-order valence-corrected chi connectivity index (χ4v) is 3.69. The average molecular weight is 447 g/mol. The lowest BCUT2D eigenvalue weighted by Crippen LogP contribution is -2.14. The molecular weight excluding hydrogens is 416 g/mol. The number of ether oxygens (including phenoxy) is 2. The van der Waals surface area contributed by atoms with Gasteiger partial charge in [0.1, 0.15) is 6.61 Å². The normalized spacial score (nSPS) is 11.7. The van der Waals surface area contributed by atoms with Crippen LogP contribution in [0, 0.1) is 16.0 Å². The van der Waals surface area contributed by atoms with Gasteiger partial charge >= 0.3 is 11.8 Å². The van der Waals surface area contributed by atoms with Crippen molar-refractivity contribution in [3.8, 4) is 5.75 Å². The third-order valence-electron chi connectivity index (χ3n) is 4.80. The van der Waals surface area contributed by atoms with Crippen molar-refractivity contribution in [2.24, 2.45) is 5.92 Å². The Morgan fingerprint density at radius 1 is 1.19 bits per heavy atom. The van der Waals surface area contributed by atoms with Crippen LogP contribution >= 0.6 is 11.8 Å². The van der Waals surface area contributed by atoms with Gasteiger partial charge in [0.25, 0.3) is 0 Å². The number of rotatable bonds is 14. The standard InChI is InChI=1S/C23H30N2O5S/c1-3-5-9-18(4-2)16-30-22(26)14-15-31-21-13-12-20(23(24-21)25(27)28)29-17-19-10-7-6-8-11-19/h6-8,10-13,18H,3-5,9,14-17H2,1-2H3. The van der Waals surface area contributed by atoms with Crippen molar-refractivity contribution in [1.82, 2.24) is 4.98 Å². The predicted octanol–water partition coefficient (Wildman–Crippen LogP) is 5.81. The highest BCUT2D eigenvalue weighted by Gasteiger charge is 2.20. The van der Waals surface area contributed by atoms with E-state index in [1.165, 1.54) is 11.8 Å². The van der Waals surface area contributed by atoms with Gasteiger partial charge in [0.05, 0.1) is 13.0 Å².